The Morgan fingerprint density at radius 3 is 2.56 bits per heavy atom. The van der Waals surface area contributed by atoms with E-state index in [0.717, 1.165) is 32.1 Å². The Balaban J connectivity index is 2.16. The number of guanidine groups is 2. The number of rotatable bonds is 4. The van der Waals surface area contributed by atoms with Crippen LogP contribution in [0.4, 0.5) is 5.69 Å². The van der Waals surface area contributed by atoms with Crippen molar-refractivity contribution in [1.29, 1.82) is 0 Å². The molecule has 0 bridgehead atoms. The first-order chi connectivity index (χ1) is 11.9. The van der Waals surface area contributed by atoms with Crippen molar-refractivity contribution < 1.29 is 8.42 Å². The van der Waals surface area contributed by atoms with Crippen molar-refractivity contribution in [2.75, 3.05) is 11.4 Å². The summed E-state index contributed by atoms with van der Waals surface area (Å²) in [5.41, 5.74) is 11.9. The third-order valence-electron chi connectivity index (χ3n) is 4.58. The average Bonchev–Trinajstić information content (AvgIpc) is 2.55. The Hall–Kier alpha value is -2.13. The Morgan fingerprint density at radius 2 is 1.88 bits per heavy atom. The number of nitrogens with two attached hydrogens (primary N) is 2. The molecule has 136 valence electrons. The summed E-state index contributed by atoms with van der Waals surface area (Å²) < 4.78 is 27.9. The first kappa shape index (κ1) is 17.7. The van der Waals surface area contributed by atoms with E-state index in [2.05, 4.69) is 14.7 Å². The number of nitrogens with zero attached hydrogens (tertiary/aromatic N) is 3. The van der Waals surface area contributed by atoms with E-state index >= 15 is 0 Å². The smallest absolute Gasteiger partial charge is 0.242 e. The van der Waals surface area contributed by atoms with Crippen LogP contribution in [0.15, 0.2) is 39.1 Å². The molecule has 0 radical (unpaired) electrons. The third kappa shape index (κ3) is 3.21. The molecule has 5 N–H and O–H groups in total. The monoisotopic (exact) mass is 364 g/mol. The highest BCUT2D eigenvalue weighted by Gasteiger charge is 2.44. The van der Waals surface area contributed by atoms with Gasteiger partial charge in [-0.2, -0.15) is 4.99 Å². The fourth-order valence-electron chi connectivity index (χ4n) is 3.61. The largest absolute Gasteiger partial charge is 0.369 e. The minimum atomic E-state index is -3.66. The first-order valence-electron chi connectivity index (χ1n) is 8.48. The molecule has 1 aliphatic carbocycles. The predicted molar refractivity (Wildman–Crippen MR) is 98.8 cm³/mol. The molecule has 0 unspecified atom stereocenters. The zero-order valence-corrected chi connectivity index (χ0v) is 15.1. The van der Waals surface area contributed by atoms with Crippen molar-refractivity contribution in [2.24, 2.45) is 21.5 Å². The fraction of sp³-hybridized carbons (Fsp3) is 0.500. The summed E-state index contributed by atoms with van der Waals surface area (Å²) in [6.07, 6.45) is 4.56. The van der Waals surface area contributed by atoms with Crippen LogP contribution in [-0.2, 0) is 10.0 Å². The lowest BCUT2D eigenvalue weighted by Crippen LogP contribution is -2.58. The van der Waals surface area contributed by atoms with Crippen LogP contribution in [0.1, 0.15) is 39.0 Å². The summed E-state index contributed by atoms with van der Waals surface area (Å²) in [6, 6.07) is 6.78. The summed E-state index contributed by atoms with van der Waals surface area (Å²) in [5.74, 6) is 0.316. The van der Waals surface area contributed by atoms with Gasteiger partial charge in [0.25, 0.3) is 0 Å². The number of para-hydroxylation sites is 1. The van der Waals surface area contributed by atoms with Crippen molar-refractivity contribution in [3.05, 3.63) is 24.3 Å². The van der Waals surface area contributed by atoms with Gasteiger partial charge in [0, 0.05) is 6.54 Å². The van der Waals surface area contributed by atoms with Crippen molar-refractivity contribution in [2.45, 2.75) is 49.6 Å². The molecule has 1 aromatic carbocycles. The number of nitrogens with one attached hydrogen (secondary N) is 1. The second-order valence-electron chi connectivity index (χ2n) is 6.29. The van der Waals surface area contributed by atoms with E-state index in [1.165, 1.54) is 0 Å². The summed E-state index contributed by atoms with van der Waals surface area (Å²) in [7, 11) is -3.66. The van der Waals surface area contributed by atoms with E-state index in [4.69, 9.17) is 11.5 Å². The van der Waals surface area contributed by atoms with Crippen molar-refractivity contribution >= 4 is 27.6 Å². The highest BCUT2D eigenvalue weighted by molar-refractivity contribution is 7.89. The fourth-order valence-corrected chi connectivity index (χ4v) is 4.83. The Kier molecular flexibility index (Phi) is 4.70. The molecule has 1 heterocycles. The predicted octanol–water partition coefficient (Wildman–Crippen LogP) is 1.09. The standard InChI is InChI=1S/C16H24N6O2S/c1-2-19-25(23,24)13-9-5-4-8-12(13)22-15(18)20-14(17)21-16(22)10-6-3-7-11-16/h4-5,8-9,19H,2-3,6-7,10-11H2,1H3,(H4,17,18,20,21). The molecule has 3 rings (SSSR count). The molecule has 25 heavy (non-hydrogen) atoms. The maximum Gasteiger partial charge on any atom is 0.242 e. The van der Waals surface area contributed by atoms with Gasteiger partial charge in [0.1, 0.15) is 10.6 Å². The van der Waals surface area contributed by atoms with Gasteiger partial charge in [0.15, 0.2) is 0 Å². The molecule has 1 aliphatic heterocycles. The molecule has 0 atom stereocenters. The topological polar surface area (TPSA) is 126 Å². The lowest BCUT2D eigenvalue weighted by atomic mass is 9.87. The molecule has 9 heteroatoms. The Morgan fingerprint density at radius 1 is 1.20 bits per heavy atom. The molecule has 1 fully saturated rings. The molecule has 1 spiro atoms. The Labute approximate surface area is 148 Å². The van der Waals surface area contributed by atoms with E-state index in [9.17, 15) is 8.42 Å². The van der Waals surface area contributed by atoms with Gasteiger partial charge in [0.05, 0.1) is 5.69 Å². The van der Waals surface area contributed by atoms with Gasteiger partial charge in [-0.05, 0) is 37.8 Å². The van der Waals surface area contributed by atoms with E-state index in [0.29, 0.717) is 12.2 Å². The van der Waals surface area contributed by atoms with E-state index < -0.39 is 15.7 Å². The van der Waals surface area contributed by atoms with Crippen molar-refractivity contribution in [3.63, 3.8) is 0 Å². The molecule has 0 saturated heterocycles. The normalized spacial score (nSPS) is 20.3. The van der Waals surface area contributed by atoms with Gasteiger partial charge in [-0.25, -0.2) is 18.1 Å². The first-order valence-corrected chi connectivity index (χ1v) is 9.96. The van der Waals surface area contributed by atoms with E-state index in [-0.39, 0.29) is 16.8 Å². The maximum absolute atomic E-state index is 12.7. The molecular formula is C16H24N6O2S. The summed E-state index contributed by atoms with van der Waals surface area (Å²) >= 11 is 0. The van der Waals surface area contributed by atoms with Crippen LogP contribution in [0, 0.1) is 0 Å². The van der Waals surface area contributed by atoms with Gasteiger partial charge in [-0.15, -0.1) is 0 Å². The molecule has 2 aliphatic rings. The zero-order chi connectivity index (χ0) is 18.1. The van der Waals surface area contributed by atoms with Gasteiger partial charge >= 0.3 is 0 Å². The SMILES string of the molecule is CCNS(=O)(=O)c1ccccc1N1C(N)=NC(N)=NC12CCCCC2. The van der Waals surface area contributed by atoms with Crippen LogP contribution >= 0.6 is 0 Å². The summed E-state index contributed by atoms with van der Waals surface area (Å²) in [6.45, 7) is 2.04. The van der Waals surface area contributed by atoms with Gasteiger partial charge < -0.3 is 11.5 Å². The number of sulfonamides is 1. The number of hydrogen-bond donors (Lipinski definition) is 3. The summed E-state index contributed by atoms with van der Waals surface area (Å²) in [4.78, 5) is 10.6. The Bertz CT molecular complexity index is 812. The molecule has 1 saturated carbocycles. The number of anilines is 1. The van der Waals surface area contributed by atoms with Crippen LogP contribution in [-0.4, -0.2) is 32.5 Å². The molecule has 8 nitrogen and oxygen atoms in total. The molecular weight excluding hydrogens is 340 g/mol. The molecule has 1 aromatic rings. The highest BCUT2D eigenvalue weighted by Crippen LogP contribution is 2.41. The van der Waals surface area contributed by atoms with E-state index in [1.807, 2.05) is 0 Å². The molecule has 0 amide bonds. The second-order valence-corrected chi connectivity index (χ2v) is 8.02. The second kappa shape index (κ2) is 6.64. The van der Waals surface area contributed by atoms with Crippen LogP contribution in [0.3, 0.4) is 0 Å². The number of benzene rings is 1. The highest BCUT2D eigenvalue weighted by atomic mass is 32.2. The molecule has 0 aromatic heterocycles. The average molecular weight is 364 g/mol. The lowest BCUT2D eigenvalue weighted by molar-refractivity contribution is 0.305. The van der Waals surface area contributed by atoms with Crippen LogP contribution in [0.25, 0.3) is 0 Å². The van der Waals surface area contributed by atoms with Gasteiger partial charge in [0.2, 0.25) is 21.9 Å². The zero-order valence-electron chi connectivity index (χ0n) is 14.3. The minimum absolute atomic E-state index is 0.141. The van der Waals surface area contributed by atoms with Gasteiger partial charge in [-0.3, -0.25) is 4.90 Å². The number of aliphatic imine (C=N–C) groups is 2. The number of hydrogen-bond acceptors (Lipinski definition) is 7. The van der Waals surface area contributed by atoms with Gasteiger partial charge in [-0.1, -0.05) is 25.5 Å². The van der Waals surface area contributed by atoms with Crippen LogP contribution < -0.4 is 21.1 Å². The van der Waals surface area contributed by atoms with E-state index in [1.54, 1.807) is 36.1 Å². The summed E-state index contributed by atoms with van der Waals surface area (Å²) in [5, 5.41) is 0. The van der Waals surface area contributed by atoms with Crippen molar-refractivity contribution in [1.82, 2.24) is 4.72 Å². The lowest BCUT2D eigenvalue weighted by Gasteiger charge is -2.46. The van der Waals surface area contributed by atoms with Crippen LogP contribution in [0.2, 0.25) is 0 Å². The van der Waals surface area contributed by atoms with Crippen molar-refractivity contribution in [3.8, 4) is 0 Å². The quantitative estimate of drug-likeness (QED) is 0.737. The van der Waals surface area contributed by atoms with Crippen LogP contribution in [0.5, 0.6) is 0 Å². The maximum atomic E-state index is 12.7. The third-order valence-corrected chi connectivity index (χ3v) is 6.17. The minimum Gasteiger partial charge on any atom is -0.369 e.